The Labute approximate surface area is 133 Å². The Morgan fingerprint density at radius 2 is 1.71 bits per heavy atom. The third-order valence-corrected chi connectivity index (χ3v) is 3.84. The van der Waals surface area contributed by atoms with Crippen LogP contribution in [0.3, 0.4) is 0 Å². The van der Waals surface area contributed by atoms with Gasteiger partial charge in [0.2, 0.25) is 0 Å². The number of carbonyl (C=O) groups excluding carboxylic acids is 1. The second-order valence-corrected chi connectivity index (χ2v) is 6.75. The number of carboxylic acid groups (broad SMARTS) is 1. The molecule has 0 aromatic heterocycles. The van der Waals surface area contributed by atoms with Crippen molar-refractivity contribution in [2.45, 2.75) is 38.8 Å². The maximum atomic E-state index is 12.2. The first kappa shape index (κ1) is 17.5. The topological polar surface area (TPSA) is 66.8 Å². The van der Waals surface area contributed by atoms with Crippen LogP contribution in [-0.2, 0) is 15.1 Å². The van der Waals surface area contributed by atoms with Gasteiger partial charge in [0.05, 0.1) is 0 Å². The van der Waals surface area contributed by atoms with Gasteiger partial charge in [-0.2, -0.15) is 0 Å². The highest BCUT2D eigenvalue weighted by molar-refractivity contribution is 9.10. The van der Waals surface area contributed by atoms with Crippen LogP contribution >= 0.6 is 15.9 Å². The molecule has 1 aromatic carbocycles. The molecular weight excluding hydrogens is 338 g/mol. The molecule has 0 aliphatic carbocycles. The first-order chi connectivity index (χ1) is 9.50. The molecule has 0 spiro atoms. The summed E-state index contributed by atoms with van der Waals surface area (Å²) in [4.78, 5) is 25.1. The Morgan fingerprint density at radius 3 is 2.14 bits per heavy atom. The van der Waals surface area contributed by atoms with E-state index in [1.807, 2.05) is 0 Å². The fraction of sp³-hybridized carbons (Fsp3) is 0.467. The summed E-state index contributed by atoms with van der Waals surface area (Å²) in [6.07, 6.45) is -0.692. The van der Waals surface area contributed by atoms with E-state index in [9.17, 15) is 14.7 Å². The van der Waals surface area contributed by atoms with Crippen LogP contribution in [0.5, 0.6) is 0 Å². The van der Waals surface area contributed by atoms with Crippen LogP contribution in [0.4, 0.5) is 4.79 Å². The summed E-state index contributed by atoms with van der Waals surface area (Å²) in [5.41, 5.74) is -1.76. The van der Waals surface area contributed by atoms with Crippen LogP contribution in [0.2, 0.25) is 0 Å². The van der Waals surface area contributed by atoms with Crippen molar-refractivity contribution in [3.63, 3.8) is 0 Å². The summed E-state index contributed by atoms with van der Waals surface area (Å²) >= 11 is 3.34. The number of aliphatic carboxylic acids is 1. The van der Waals surface area contributed by atoms with Crippen LogP contribution in [0.1, 0.15) is 33.3 Å². The van der Waals surface area contributed by atoms with Gasteiger partial charge in [0.25, 0.3) is 0 Å². The number of likely N-dealkylation sites (N-methyl/N-ethyl adjacent to an activating group) is 1. The lowest BCUT2D eigenvalue weighted by Crippen LogP contribution is -2.52. The minimum Gasteiger partial charge on any atom is -0.479 e. The van der Waals surface area contributed by atoms with Gasteiger partial charge in [-0.25, -0.2) is 9.59 Å². The van der Waals surface area contributed by atoms with E-state index in [-0.39, 0.29) is 0 Å². The molecule has 0 heterocycles. The van der Waals surface area contributed by atoms with Crippen molar-refractivity contribution >= 4 is 28.0 Å². The average Bonchev–Trinajstić information content (AvgIpc) is 2.35. The summed E-state index contributed by atoms with van der Waals surface area (Å²) in [7, 11) is 1.42. The standard InChI is InChI=1S/C15H20BrNO4/c1-14(2,3)21-13(20)17(5)15(4,12(18)19)10-8-6-7-9-11(10)16/h6-9H,1-5H3,(H,18,19). The molecule has 0 bridgehead atoms. The van der Waals surface area contributed by atoms with E-state index in [2.05, 4.69) is 15.9 Å². The van der Waals surface area contributed by atoms with E-state index in [0.29, 0.717) is 10.0 Å². The van der Waals surface area contributed by atoms with Crippen LogP contribution < -0.4 is 0 Å². The van der Waals surface area contributed by atoms with Gasteiger partial charge in [0, 0.05) is 17.1 Å². The number of carboxylic acids is 1. The molecule has 6 heteroatoms. The van der Waals surface area contributed by atoms with Gasteiger partial charge in [-0.1, -0.05) is 34.1 Å². The summed E-state index contributed by atoms with van der Waals surface area (Å²) in [5.74, 6) is -1.14. The SMILES string of the molecule is CN(C(=O)OC(C)(C)C)C(C)(C(=O)O)c1ccccc1Br. The Hall–Kier alpha value is -1.56. The number of nitrogens with zero attached hydrogens (tertiary/aromatic N) is 1. The fourth-order valence-corrected chi connectivity index (χ4v) is 2.48. The van der Waals surface area contributed by atoms with E-state index < -0.39 is 23.2 Å². The molecule has 21 heavy (non-hydrogen) atoms. The van der Waals surface area contributed by atoms with Crippen LogP contribution in [0, 0.1) is 0 Å². The van der Waals surface area contributed by atoms with Crippen LogP contribution in [0.15, 0.2) is 28.7 Å². The zero-order valence-corrected chi connectivity index (χ0v) is 14.4. The van der Waals surface area contributed by atoms with Gasteiger partial charge >= 0.3 is 12.1 Å². The average molecular weight is 358 g/mol. The Kier molecular flexibility index (Phi) is 5.04. The smallest absolute Gasteiger partial charge is 0.411 e. The first-order valence-corrected chi connectivity index (χ1v) is 7.24. The number of carbonyl (C=O) groups is 2. The number of halogens is 1. The minimum absolute atomic E-state index is 0.478. The molecule has 1 atom stereocenters. The second-order valence-electron chi connectivity index (χ2n) is 5.90. The minimum atomic E-state index is -1.54. The molecule has 0 radical (unpaired) electrons. The Balaban J connectivity index is 3.26. The Morgan fingerprint density at radius 1 is 1.19 bits per heavy atom. The third-order valence-electron chi connectivity index (χ3n) is 3.15. The van der Waals surface area contributed by atoms with Gasteiger partial charge in [-0.05, 0) is 33.8 Å². The molecule has 0 saturated carbocycles. The molecule has 0 aliphatic heterocycles. The maximum Gasteiger partial charge on any atom is 0.411 e. The van der Waals surface area contributed by atoms with E-state index in [4.69, 9.17) is 4.74 Å². The number of benzene rings is 1. The van der Waals surface area contributed by atoms with E-state index >= 15 is 0 Å². The second kappa shape index (κ2) is 6.05. The molecule has 1 rings (SSSR count). The monoisotopic (exact) mass is 357 g/mol. The van der Waals surface area contributed by atoms with Crippen LogP contribution in [0.25, 0.3) is 0 Å². The van der Waals surface area contributed by atoms with Crippen molar-refractivity contribution in [2.75, 3.05) is 7.05 Å². The summed E-state index contributed by atoms with van der Waals surface area (Å²) < 4.78 is 5.88. The first-order valence-electron chi connectivity index (χ1n) is 6.45. The predicted octanol–water partition coefficient (Wildman–Crippen LogP) is 3.62. The molecule has 0 fully saturated rings. The van der Waals surface area contributed by atoms with E-state index in [1.165, 1.54) is 14.0 Å². The summed E-state index contributed by atoms with van der Waals surface area (Å²) in [5, 5.41) is 9.66. The molecule has 1 amide bonds. The maximum absolute atomic E-state index is 12.2. The molecule has 0 saturated heterocycles. The number of hydrogen-bond donors (Lipinski definition) is 1. The molecule has 116 valence electrons. The lowest BCUT2D eigenvalue weighted by molar-refractivity contribution is -0.150. The summed E-state index contributed by atoms with van der Waals surface area (Å²) in [6, 6.07) is 6.91. The van der Waals surface area contributed by atoms with Crippen molar-refractivity contribution in [2.24, 2.45) is 0 Å². The third kappa shape index (κ3) is 3.75. The van der Waals surface area contributed by atoms with Crippen molar-refractivity contribution in [1.29, 1.82) is 0 Å². The van der Waals surface area contributed by atoms with Gasteiger partial charge in [0.1, 0.15) is 5.60 Å². The van der Waals surface area contributed by atoms with Gasteiger partial charge in [-0.15, -0.1) is 0 Å². The normalized spacial score (nSPS) is 14.2. The summed E-state index contributed by atoms with van der Waals surface area (Å²) in [6.45, 7) is 6.67. The molecule has 5 nitrogen and oxygen atoms in total. The zero-order chi connectivity index (χ0) is 16.4. The number of amides is 1. The molecule has 1 N–H and O–H groups in total. The highest BCUT2D eigenvalue weighted by Crippen LogP contribution is 2.34. The lowest BCUT2D eigenvalue weighted by Gasteiger charge is -2.36. The predicted molar refractivity (Wildman–Crippen MR) is 83.1 cm³/mol. The number of hydrogen-bond acceptors (Lipinski definition) is 3. The van der Waals surface area contributed by atoms with Crippen LogP contribution in [-0.4, -0.2) is 34.7 Å². The highest BCUT2D eigenvalue weighted by atomic mass is 79.9. The van der Waals surface area contributed by atoms with Crippen molar-refractivity contribution < 1.29 is 19.4 Å². The van der Waals surface area contributed by atoms with Crippen molar-refractivity contribution in [3.05, 3.63) is 34.3 Å². The quantitative estimate of drug-likeness (QED) is 0.896. The highest BCUT2D eigenvalue weighted by Gasteiger charge is 2.44. The number of rotatable bonds is 3. The molecule has 1 aromatic rings. The lowest BCUT2D eigenvalue weighted by atomic mass is 9.91. The fourth-order valence-electron chi connectivity index (χ4n) is 1.81. The van der Waals surface area contributed by atoms with Gasteiger partial charge in [-0.3, -0.25) is 4.90 Å². The van der Waals surface area contributed by atoms with E-state index in [0.717, 1.165) is 4.90 Å². The zero-order valence-electron chi connectivity index (χ0n) is 12.8. The number of ether oxygens (including phenoxy) is 1. The Bertz CT molecular complexity index is 553. The van der Waals surface area contributed by atoms with Crippen molar-refractivity contribution in [3.8, 4) is 0 Å². The van der Waals surface area contributed by atoms with E-state index in [1.54, 1.807) is 45.0 Å². The largest absolute Gasteiger partial charge is 0.479 e. The molecule has 0 aliphatic rings. The van der Waals surface area contributed by atoms with Gasteiger partial charge < -0.3 is 9.84 Å². The van der Waals surface area contributed by atoms with Crippen molar-refractivity contribution in [1.82, 2.24) is 4.90 Å². The van der Waals surface area contributed by atoms with Gasteiger partial charge in [0.15, 0.2) is 5.54 Å². The molecule has 1 unspecified atom stereocenters. The molecular formula is C15H20BrNO4.